The van der Waals surface area contributed by atoms with Crippen molar-refractivity contribution < 1.29 is 9.94 Å². The van der Waals surface area contributed by atoms with Crippen LogP contribution < -0.4 is 15.6 Å². The summed E-state index contributed by atoms with van der Waals surface area (Å²) >= 11 is 0. The molecule has 0 saturated carbocycles. The Hall–Kier alpha value is -2.74. The Morgan fingerprint density at radius 3 is 2.87 bits per heavy atom. The molecule has 8 nitrogen and oxygen atoms in total. The molecule has 1 aliphatic carbocycles. The molecule has 0 spiro atoms. The molecule has 1 aliphatic rings. The van der Waals surface area contributed by atoms with Gasteiger partial charge in [0.2, 0.25) is 5.88 Å². The van der Waals surface area contributed by atoms with Crippen molar-refractivity contribution in [3.05, 3.63) is 40.3 Å². The molecule has 0 amide bonds. The monoisotopic (exact) mass is 413 g/mol. The zero-order valence-corrected chi connectivity index (χ0v) is 18.2. The first-order chi connectivity index (χ1) is 14.3. The molecule has 0 aliphatic heterocycles. The summed E-state index contributed by atoms with van der Waals surface area (Å²) in [5.74, 6) is 0.666. The Morgan fingerprint density at radius 2 is 2.17 bits per heavy atom. The molecule has 1 atom stereocenters. The maximum absolute atomic E-state index is 12.4. The van der Waals surface area contributed by atoms with Gasteiger partial charge in [-0.05, 0) is 46.1 Å². The topological polar surface area (TPSA) is 102 Å². The Bertz CT molecular complexity index is 1000. The van der Waals surface area contributed by atoms with Crippen molar-refractivity contribution in [1.82, 2.24) is 19.9 Å². The number of fused-ring (bicyclic) bond motifs is 1. The molecule has 0 bridgehead atoms. The molecule has 0 radical (unpaired) electrons. The van der Waals surface area contributed by atoms with Crippen LogP contribution in [0.25, 0.3) is 11.2 Å². The van der Waals surface area contributed by atoms with Crippen molar-refractivity contribution in [1.29, 1.82) is 0 Å². The largest absolute Gasteiger partial charge is 0.481 e. The SMILES string of the molecule is COc1ccc2ncc(=O)n(CCCC3=CCC(CNC(C)(C)C)C(=NO)C3)c2n1. The number of hydrogen-bond donors (Lipinski definition) is 2. The third kappa shape index (κ3) is 5.44. The van der Waals surface area contributed by atoms with Crippen LogP contribution in [0.1, 0.15) is 46.5 Å². The maximum Gasteiger partial charge on any atom is 0.270 e. The fourth-order valence-electron chi connectivity index (χ4n) is 3.65. The summed E-state index contributed by atoms with van der Waals surface area (Å²) in [6.45, 7) is 7.71. The number of rotatable bonds is 7. The number of nitrogens with one attached hydrogen (secondary N) is 1. The standard InChI is InChI=1S/C22H31N5O3/c1-22(2,3)24-13-16-8-7-15(12-18(16)26-29)6-5-11-27-20(28)14-23-17-9-10-19(30-4)25-21(17)27/h7,9-10,14,16,24,29H,5-6,8,11-13H2,1-4H3. The fourth-order valence-corrected chi connectivity index (χ4v) is 3.65. The second-order valence-electron chi connectivity index (χ2n) is 8.74. The third-order valence-corrected chi connectivity index (χ3v) is 5.33. The number of aryl methyl sites for hydroxylation is 1. The van der Waals surface area contributed by atoms with E-state index >= 15 is 0 Å². The molecule has 2 aromatic rings. The number of methoxy groups -OCH3 is 1. The van der Waals surface area contributed by atoms with Crippen LogP contribution in [0, 0.1) is 5.92 Å². The van der Waals surface area contributed by atoms with Gasteiger partial charge in [-0.2, -0.15) is 4.98 Å². The number of ether oxygens (including phenoxy) is 1. The highest BCUT2D eigenvalue weighted by Gasteiger charge is 2.23. The molecule has 8 heteroatoms. The van der Waals surface area contributed by atoms with E-state index in [1.54, 1.807) is 23.8 Å². The maximum atomic E-state index is 12.4. The summed E-state index contributed by atoms with van der Waals surface area (Å²) in [5, 5.41) is 16.5. The highest BCUT2D eigenvalue weighted by molar-refractivity contribution is 5.89. The van der Waals surface area contributed by atoms with Crippen molar-refractivity contribution in [2.45, 2.75) is 58.5 Å². The van der Waals surface area contributed by atoms with Crippen molar-refractivity contribution in [2.24, 2.45) is 11.1 Å². The predicted molar refractivity (Wildman–Crippen MR) is 117 cm³/mol. The molecule has 162 valence electrons. The van der Waals surface area contributed by atoms with Gasteiger partial charge < -0.3 is 15.3 Å². The van der Waals surface area contributed by atoms with Crippen molar-refractivity contribution >= 4 is 16.9 Å². The van der Waals surface area contributed by atoms with Crippen LogP contribution in [0.2, 0.25) is 0 Å². The summed E-state index contributed by atoms with van der Waals surface area (Å²) in [6.07, 6.45) is 6.73. The number of nitrogens with zero attached hydrogens (tertiary/aromatic N) is 4. The average molecular weight is 414 g/mol. The normalized spacial score (nSPS) is 18.6. The van der Waals surface area contributed by atoms with E-state index in [-0.39, 0.29) is 17.0 Å². The lowest BCUT2D eigenvalue weighted by atomic mass is 9.85. The zero-order chi connectivity index (χ0) is 21.7. The summed E-state index contributed by atoms with van der Waals surface area (Å²) in [4.78, 5) is 20.9. The summed E-state index contributed by atoms with van der Waals surface area (Å²) in [7, 11) is 1.55. The number of oxime groups is 1. The van der Waals surface area contributed by atoms with Gasteiger partial charge in [-0.1, -0.05) is 16.8 Å². The number of allylic oxidation sites excluding steroid dienone is 2. The minimum atomic E-state index is -0.174. The van der Waals surface area contributed by atoms with E-state index in [1.165, 1.54) is 11.8 Å². The van der Waals surface area contributed by atoms with E-state index in [2.05, 4.69) is 47.3 Å². The van der Waals surface area contributed by atoms with Crippen LogP contribution in [0.5, 0.6) is 5.88 Å². The Kier molecular flexibility index (Phi) is 6.87. The lowest BCUT2D eigenvalue weighted by Crippen LogP contribution is -2.41. The highest BCUT2D eigenvalue weighted by Crippen LogP contribution is 2.25. The van der Waals surface area contributed by atoms with E-state index in [9.17, 15) is 10.0 Å². The van der Waals surface area contributed by atoms with E-state index in [0.717, 1.165) is 31.5 Å². The number of aromatic nitrogens is 3. The van der Waals surface area contributed by atoms with E-state index in [4.69, 9.17) is 4.74 Å². The molecular weight excluding hydrogens is 382 g/mol. The molecular formula is C22H31N5O3. The Morgan fingerprint density at radius 1 is 1.37 bits per heavy atom. The molecule has 1 unspecified atom stereocenters. The van der Waals surface area contributed by atoms with Gasteiger partial charge in [-0.25, -0.2) is 4.98 Å². The van der Waals surface area contributed by atoms with Crippen LogP contribution in [-0.4, -0.2) is 44.6 Å². The molecule has 0 aromatic carbocycles. The minimum Gasteiger partial charge on any atom is -0.481 e. The molecule has 2 N–H and O–H groups in total. The lowest BCUT2D eigenvalue weighted by Gasteiger charge is -2.28. The van der Waals surface area contributed by atoms with Gasteiger partial charge in [0, 0.05) is 37.0 Å². The Balaban J connectivity index is 1.65. The second kappa shape index (κ2) is 9.38. The van der Waals surface area contributed by atoms with Crippen LogP contribution in [0.3, 0.4) is 0 Å². The van der Waals surface area contributed by atoms with Gasteiger partial charge in [0.25, 0.3) is 5.56 Å². The quantitative estimate of drug-likeness (QED) is 0.411. The van der Waals surface area contributed by atoms with Crippen LogP contribution in [0.15, 0.2) is 39.9 Å². The van der Waals surface area contributed by atoms with E-state index < -0.39 is 0 Å². The highest BCUT2D eigenvalue weighted by atomic mass is 16.5. The first kappa shape index (κ1) is 22.0. The minimum absolute atomic E-state index is 0.0296. The van der Waals surface area contributed by atoms with Gasteiger partial charge in [0.1, 0.15) is 5.52 Å². The Labute approximate surface area is 176 Å². The van der Waals surface area contributed by atoms with Crippen molar-refractivity contribution in [2.75, 3.05) is 13.7 Å². The molecule has 0 fully saturated rings. The second-order valence-corrected chi connectivity index (χ2v) is 8.74. The number of hydrogen-bond acceptors (Lipinski definition) is 7. The summed E-state index contributed by atoms with van der Waals surface area (Å²) < 4.78 is 6.83. The van der Waals surface area contributed by atoms with Crippen molar-refractivity contribution in [3.8, 4) is 5.88 Å². The van der Waals surface area contributed by atoms with Gasteiger partial charge in [0.15, 0.2) is 5.65 Å². The third-order valence-electron chi connectivity index (χ3n) is 5.33. The van der Waals surface area contributed by atoms with Gasteiger partial charge >= 0.3 is 0 Å². The smallest absolute Gasteiger partial charge is 0.270 e. The van der Waals surface area contributed by atoms with E-state index in [1.807, 2.05) is 0 Å². The van der Waals surface area contributed by atoms with E-state index in [0.29, 0.717) is 30.0 Å². The molecule has 2 aromatic heterocycles. The number of pyridine rings is 1. The van der Waals surface area contributed by atoms with Crippen LogP contribution in [-0.2, 0) is 6.54 Å². The molecule has 30 heavy (non-hydrogen) atoms. The first-order valence-corrected chi connectivity index (χ1v) is 10.3. The first-order valence-electron chi connectivity index (χ1n) is 10.3. The summed E-state index contributed by atoms with van der Waals surface area (Å²) in [5.41, 5.74) is 3.12. The van der Waals surface area contributed by atoms with Crippen LogP contribution in [0.4, 0.5) is 0 Å². The molecule has 0 saturated heterocycles. The molecule has 3 rings (SSSR count). The van der Waals surface area contributed by atoms with Gasteiger partial charge in [0.05, 0.1) is 19.0 Å². The lowest BCUT2D eigenvalue weighted by molar-refractivity contribution is 0.310. The fraction of sp³-hybridized carbons (Fsp3) is 0.545. The van der Waals surface area contributed by atoms with Gasteiger partial charge in [-0.3, -0.25) is 9.36 Å². The average Bonchev–Trinajstić information content (AvgIpc) is 2.73. The predicted octanol–water partition coefficient (Wildman–Crippen LogP) is 3.14. The van der Waals surface area contributed by atoms with Crippen LogP contribution >= 0.6 is 0 Å². The summed E-state index contributed by atoms with van der Waals surface area (Å²) in [6, 6.07) is 3.54. The molecule has 2 heterocycles. The zero-order valence-electron chi connectivity index (χ0n) is 18.2. The van der Waals surface area contributed by atoms with Gasteiger partial charge in [-0.15, -0.1) is 0 Å². The van der Waals surface area contributed by atoms with Crippen molar-refractivity contribution in [3.63, 3.8) is 0 Å².